The number of carbonyl (C=O) groups is 1. The van der Waals surface area contributed by atoms with E-state index in [1.165, 1.54) is 0 Å². The van der Waals surface area contributed by atoms with Crippen LogP contribution in [0.5, 0.6) is 0 Å². The molecule has 1 amide bonds. The van der Waals surface area contributed by atoms with Crippen LogP contribution in [0.15, 0.2) is 53.5 Å². The van der Waals surface area contributed by atoms with Gasteiger partial charge in [0.2, 0.25) is 5.43 Å². The van der Waals surface area contributed by atoms with Crippen molar-refractivity contribution in [1.29, 1.82) is 0 Å². The third-order valence-corrected chi connectivity index (χ3v) is 6.55. The van der Waals surface area contributed by atoms with Crippen LogP contribution in [0.25, 0.3) is 16.3 Å². The van der Waals surface area contributed by atoms with Crippen LogP contribution in [-0.4, -0.2) is 48.6 Å². The van der Waals surface area contributed by atoms with Crippen molar-refractivity contribution in [2.24, 2.45) is 0 Å². The molecular weight excluding hydrogens is 452 g/mol. The smallest absolute Gasteiger partial charge is 0.257 e. The molecule has 1 aliphatic heterocycles. The first kappa shape index (κ1) is 22.8. The minimum absolute atomic E-state index is 0.139. The zero-order valence-electron chi connectivity index (χ0n) is 19.1. The molecule has 0 aliphatic carbocycles. The number of carbonyl (C=O) groups excluding carboxylic acids is 1. The van der Waals surface area contributed by atoms with Gasteiger partial charge in [0.05, 0.1) is 18.7 Å². The monoisotopic (exact) mass is 478 g/mol. The topological polar surface area (TPSA) is 75.1 Å². The maximum absolute atomic E-state index is 13.5. The molecule has 2 aromatic heterocycles. The molecule has 2 aromatic carbocycles. The Morgan fingerprint density at radius 1 is 1.06 bits per heavy atom. The number of aromatic nitrogens is 1. The number of benzene rings is 2. The number of halogens is 1. The first-order valence-corrected chi connectivity index (χ1v) is 11.8. The second-order valence-electron chi connectivity index (χ2n) is 8.69. The SMILES string of the molecule is CNCc1cc2cc(CN3CCOCC3)cc3c(=O)c(C(=O)NCc4ccc(Cl)cc4)cn1c23. The summed E-state index contributed by atoms with van der Waals surface area (Å²) in [5.74, 6) is -0.388. The molecule has 2 N–H and O–H groups in total. The molecule has 0 bridgehead atoms. The van der Waals surface area contributed by atoms with Crippen molar-refractivity contribution in [3.8, 4) is 0 Å². The summed E-state index contributed by atoms with van der Waals surface area (Å²) in [5.41, 5.74) is 3.72. The maximum atomic E-state index is 13.5. The zero-order valence-corrected chi connectivity index (χ0v) is 19.8. The molecule has 3 heterocycles. The summed E-state index contributed by atoms with van der Waals surface area (Å²) in [6, 6.07) is 13.5. The lowest BCUT2D eigenvalue weighted by atomic mass is 10.0. The van der Waals surface area contributed by atoms with E-state index in [9.17, 15) is 9.59 Å². The van der Waals surface area contributed by atoms with Gasteiger partial charge in [-0.15, -0.1) is 0 Å². The Morgan fingerprint density at radius 2 is 1.82 bits per heavy atom. The van der Waals surface area contributed by atoms with E-state index in [4.69, 9.17) is 16.3 Å². The van der Waals surface area contributed by atoms with Gasteiger partial charge in [0.15, 0.2) is 0 Å². The Labute approximate surface area is 202 Å². The summed E-state index contributed by atoms with van der Waals surface area (Å²) in [5, 5.41) is 8.28. The number of nitrogens with zero attached hydrogens (tertiary/aromatic N) is 2. The first-order valence-electron chi connectivity index (χ1n) is 11.4. The number of hydrogen-bond acceptors (Lipinski definition) is 5. The van der Waals surface area contributed by atoms with Crippen LogP contribution in [-0.2, 0) is 24.4 Å². The average molecular weight is 479 g/mol. The van der Waals surface area contributed by atoms with Crippen LogP contribution in [0.2, 0.25) is 5.02 Å². The van der Waals surface area contributed by atoms with Crippen molar-refractivity contribution in [3.63, 3.8) is 0 Å². The van der Waals surface area contributed by atoms with E-state index in [-0.39, 0.29) is 16.9 Å². The van der Waals surface area contributed by atoms with Crippen molar-refractivity contribution >= 4 is 33.8 Å². The molecule has 5 rings (SSSR count). The summed E-state index contributed by atoms with van der Waals surface area (Å²) >= 11 is 5.95. The fourth-order valence-corrected chi connectivity index (χ4v) is 4.74. The van der Waals surface area contributed by atoms with Gasteiger partial charge in [-0.2, -0.15) is 0 Å². The van der Waals surface area contributed by atoms with Gasteiger partial charge >= 0.3 is 0 Å². The van der Waals surface area contributed by atoms with Crippen LogP contribution in [0.1, 0.15) is 27.2 Å². The number of morpholine rings is 1. The third-order valence-electron chi connectivity index (χ3n) is 6.30. The molecular formula is C26H27ClN4O3. The van der Waals surface area contributed by atoms with Gasteiger partial charge < -0.3 is 19.8 Å². The van der Waals surface area contributed by atoms with Crippen LogP contribution in [0, 0.1) is 0 Å². The maximum Gasteiger partial charge on any atom is 0.257 e. The summed E-state index contributed by atoms with van der Waals surface area (Å²) in [4.78, 5) is 28.9. The van der Waals surface area contributed by atoms with E-state index in [1.807, 2.05) is 29.6 Å². The zero-order chi connectivity index (χ0) is 23.7. The number of ether oxygens (including phenoxy) is 1. The third kappa shape index (κ3) is 4.52. The van der Waals surface area contributed by atoms with E-state index in [1.54, 1.807) is 18.3 Å². The standard InChI is InChI=1S/C26H27ClN4O3/c1-28-14-21-12-19-10-18(15-30-6-8-34-9-7-30)11-22-24(19)31(21)16-23(25(22)32)26(33)29-13-17-2-4-20(27)5-3-17/h2-5,10-12,16,28H,6-9,13-15H2,1H3,(H,29,33). The predicted octanol–water partition coefficient (Wildman–Crippen LogP) is 3.03. The van der Waals surface area contributed by atoms with Crippen LogP contribution >= 0.6 is 11.6 Å². The largest absolute Gasteiger partial charge is 0.379 e. The number of hydrogen-bond donors (Lipinski definition) is 2. The number of nitrogens with one attached hydrogen (secondary N) is 2. The summed E-state index contributed by atoms with van der Waals surface area (Å²) < 4.78 is 7.43. The predicted molar refractivity (Wildman–Crippen MR) is 134 cm³/mol. The molecule has 8 heteroatoms. The fourth-order valence-electron chi connectivity index (χ4n) is 4.61. The molecule has 0 spiro atoms. The highest BCUT2D eigenvalue weighted by Gasteiger charge is 2.20. The summed E-state index contributed by atoms with van der Waals surface area (Å²) in [6.45, 7) is 4.85. The Bertz CT molecular complexity index is 1380. The molecule has 1 fully saturated rings. The molecule has 0 saturated carbocycles. The molecule has 0 unspecified atom stereocenters. The van der Waals surface area contributed by atoms with Gasteiger partial charge in [-0.3, -0.25) is 14.5 Å². The Balaban J connectivity index is 1.53. The van der Waals surface area contributed by atoms with Crippen molar-refractivity contribution < 1.29 is 9.53 Å². The lowest BCUT2D eigenvalue weighted by Gasteiger charge is -2.26. The van der Waals surface area contributed by atoms with Crippen molar-refractivity contribution in [2.45, 2.75) is 19.6 Å². The Hall–Kier alpha value is -2.97. The van der Waals surface area contributed by atoms with Gasteiger partial charge in [0.25, 0.3) is 5.91 Å². The molecule has 1 aliphatic rings. The molecule has 34 heavy (non-hydrogen) atoms. The Kier molecular flexibility index (Phi) is 6.52. The number of rotatable bonds is 7. The molecule has 0 radical (unpaired) electrons. The average Bonchev–Trinajstić information content (AvgIpc) is 3.18. The lowest BCUT2D eigenvalue weighted by molar-refractivity contribution is 0.0342. The van der Waals surface area contributed by atoms with E-state index >= 15 is 0 Å². The molecule has 4 aromatic rings. The molecule has 1 saturated heterocycles. The van der Waals surface area contributed by atoms with Crippen LogP contribution < -0.4 is 16.1 Å². The number of amides is 1. The van der Waals surface area contributed by atoms with Gasteiger partial charge in [0.1, 0.15) is 5.56 Å². The van der Waals surface area contributed by atoms with Crippen molar-refractivity contribution in [2.75, 3.05) is 33.4 Å². The molecule has 0 atom stereocenters. The Morgan fingerprint density at radius 3 is 2.56 bits per heavy atom. The summed E-state index contributed by atoms with van der Waals surface area (Å²) in [7, 11) is 1.88. The summed E-state index contributed by atoms with van der Waals surface area (Å²) in [6.07, 6.45) is 1.67. The molecule has 176 valence electrons. The van der Waals surface area contributed by atoms with Crippen LogP contribution in [0.3, 0.4) is 0 Å². The van der Waals surface area contributed by atoms with E-state index in [2.05, 4.69) is 27.7 Å². The van der Waals surface area contributed by atoms with Crippen molar-refractivity contribution in [3.05, 3.63) is 86.3 Å². The van der Waals surface area contributed by atoms with E-state index < -0.39 is 0 Å². The van der Waals surface area contributed by atoms with E-state index in [0.717, 1.165) is 60.6 Å². The van der Waals surface area contributed by atoms with Gasteiger partial charge in [-0.25, -0.2) is 0 Å². The number of pyridine rings is 1. The van der Waals surface area contributed by atoms with Gasteiger partial charge in [0, 0.05) is 60.4 Å². The lowest BCUT2D eigenvalue weighted by Crippen LogP contribution is -2.35. The highest BCUT2D eigenvalue weighted by Crippen LogP contribution is 2.26. The highest BCUT2D eigenvalue weighted by atomic mass is 35.5. The minimum Gasteiger partial charge on any atom is -0.379 e. The first-order chi connectivity index (χ1) is 16.5. The van der Waals surface area contributed by atoms with Gasteiger partial charge in [-0.05, 0) is 48.5 Å². The minimum atomic E-state index is -0.388. The van der Waals surface area contributed by atoms with Crippen LogP contribution in [0.4, 0.5) is 0 Å². The van der Waals surface area contributed by atoms with E-state index in [0.29, 0.717) is 23.5 Å². The highest BCUT2D eigenvalue weighted by molar-refractivity contribution is 6.30. The second kappa shape index (κ2) is 9.72. The quantitative estimate of drug-likeness (QED) is 0.427. The second-order valence-corrected chi connectivity index (χ2v) is 9.12. The fraction of sp³-hybridized carbons (Fsp3) is 0.308. The van der Waals surface area contributed by atoms with Crippen molar-refractivity contribution in [1.82, 2.24) is 19.9 Å². The normalized spacial score (nSPS) is 14.8. The molecule has 7 nitrogen and oxygen atoms in total. The van der Waals surface area contributed by atoms with Gasteiger partial charge in [-0.1, -0.05) is 23.7 Å².